The van der Waals surface area contributed by atoms with Crippen LogP contribution in [0.1, 0.15) is 41.8 Å². The first-order valence-electron chi connectivity index (χ1n) is 7.03. The van der Waals surface area contributed by atoms with Gasteiger partial charge in [0.1, 0.15) is 6.04 Å². The summed E-state index contributed by atoms with van der Waals surface area (Å²) in [5.41, 5.74) is 3.19. The van der Waals surface area contributed by atoms with Gasteiger partial charge in [-0.05, 0) is 48.4 Å². The Kier molecular flexibility index (Phi) is 4.42. The summed E-state index contributed by atoms with van der Waals surface area (Å²) >= 11 is 0. The van der Waals surface area contributed by atoms with E-state index in [4.69, 9.17) is 4.74 Å². The van der Waals surface area contributed by atoms with Crippen LogP contribution >= 0.6 is 0 Å². The van der Waals surface area contributed by atoms with E-state index in [1.54, 1.807) is 0 Å². The number of rotatable bonds is 4. The molecule has 108 valence electrons. The standard InChI is InChI=1S/C16H21NO3/c1-10(2)14(16(19)20-3)17-15(18)13-8-7-11-5-4-6-12(11)9-13/h7-10,14H,4-6H2,1-3H3,(H,17,18). The number of carbonyl (C=O) groups excluding carboxylic acids is 2. The zero-order valence-corrected chi connectivity index (χ0v) is 12.2. The molecule has 1 N–H and O–H groups in total. The number of methoxy groups -OCH3 is 1. The summed E-state index contributed by atoms with van der Waals surface area (Å²) in [7, 11) is 1.33. The molecular formula is C16H21NO3. The third kappa shape index (κ3) is 3.00. The van der Waals surface area contributed by atoms with E-state index in [9.17, 15) is 9.59 Å². The first-order chi connectivity index (χ1) is 9.52. The average molecular weight is 275 g/mol. The second-order valence-corrected chi connectivity index (χ2v) is 5.56. The molecule has 4 nitrogen and oxygen atoms in total. The Morgan fingerprint density at radius 2 is 1.90 bits per heavy atom. The number of aryl methyl sites for hydroxylation is 2. The van der Waals surface area contributed by atoms with Crippen LogP contribution in [0.5, 0.6) is 0 Å². The van der Waals surface area contributed by atoms with Gasteiger partial charge >= 0.3 is 5.97 Å². The van der Waals surface area contributed by atoms with Crippen molar-refractivity contribution >= 4 is 11.9 Å². The lowest BCUT2D eigenvalue weighted by atomic mass is 10.0. The van der Waals surface area contributed by atoms with Gasteiger partial charge in [0.05, 0.1) is 7.11 Å². The van der Waals surface area contributed by atoms with Crippen molar-refractivity contribution in [3.8, 4) is 0 Å². The van der Waals surface area contributed by atoms with Crippen LogP contribution in [-0.2, 0) is 22.4 Å². The third-order valence-corrected chi connectivity index (χ3v) is 3.77. The molecule has 1 unspecified atom stereocenters. The lowest BCUT2D eigenvalue weighted by molar-refractivity contribution is -0.144. The number of ether oxygens (including phenoxy) is 1. The molecule has 1 aliphatic carbocycles. The molecule has 1 aliphatic rings. The van der Waals surface area contributed by atoms with Crippen molar-refractivity contribution in [2.24, 2.45) is 5.92 Å². The molecule has 0 saturated carbocycles. The van der Waals surface area contributed by atoms with Gasteiger partial charge in [0, 0.05) is 5.56 Å². The maximum Gasteiger partial charge on any atom is 0.328 e. The van der Waals surface area contributed by atoms with Crippen molar-refractivity contribution in [1.29, 1.82) is 0 Å². The van der Waals surface area contributed by atoms with E-state index >= 15 is 0 Å². The fraction of sp³-hybridized carbons (Fsp3) is 0.500. The SMILES string of the molecule is COC(=O)C(NC(=O)c1ccc2c(c1)CCC2)C(C)C. The summed E-state index contributed by atoms with van der Waals surface area (Å²) in [4.78, 5) is 23.9. The highest BCUT2D eigenvalue weighted by Crippen LogP contribution is 2.22. The maximum absolute atomic E-state index is 12.3. The van der Waals surface area contributed by atoms with Gasteiger partial charge in [0.25, 0.3) is 5.91 Å². The molecule has 0 aromatic heterocycles. The molecular weight excluding hydrogens is 254 g/mol. The molecule has 1 aromatic carbocycles. The van der Waals surface area contributed by atoms with E-state index in [-0.39, 0.29) is 11.8 Å². The minimum atomic E-state index is -0.610. The van der Waals surface area contributed by atoms with E-state index in [0.717, 1.165) is 19.3 Å². The van der Waals surface area contributed by atoms with E-state index in [1.165, 1.54) is 18.2 Å². The number of carbonyl (C=O) groups is 2. The van der Waals surface area contributed by atoms with Crippen LogP contribution < -0.4 is 5.32 Å². The van der Waals surface area contributed by atoms with Crippen LogP contribution in [0.3, 0.4) is 0 Å². The second-order valence-electron chi connectivity index (χ2n) is 5.56. The van der Waals surface area contributed by atoms with Crippen molar-refractivity contribution < 1.29 is 14.3 Å². The molecule has 1 atom stereocenters. The van der Waals surface area contributed by atoms with E-state index in [2.05, 4.69) is 5.32 Å². The largest absolute Gasteiger partial charge is 0.467 e. The minimum Gasteiger partial charge on any atom is -0.467 e. The van der Waals surface area contributed by atoms with Crippen molar-refractivity contribution in [2.45, 2.75) is 39.2 Å². The smallest absolute Gasteiger partial charge is 0.328 e. The van der Waals surface area contributed by atoms with Gasteiger partial charge in [-0.15, -0.1) is 0 Å². The van der Waals surface area contributed by atoms with Gasteiger partial charge < -0.3 is 10.1 Å². The quantitative estimate of drug-likeness (QED) is 0.856. The molecule has 4 heteroatoms. The van der Waals surface area contributed by atoms with Gasteiger partial charge in [0.15, 0.2) is 0 Å². The number of hydrogen-bond donors (Lipinski definition) is 1. The Balaban J connectivity index is 2.12. The number of nitrogens with one attached hydrogen (secondary N) is 1. The molecule has 0 aliphatic heterocycles. The predicted octanol–water partition coefficient (Wildman–Crippen LogP) is 2.10. The van der Waals surface area contributed by atoms with Gasteiger partial charge in [-0.3, -0.25) is 4.79 Å². The van der Waals surface area contributed by atoms with Crippen LogP contribution in [0.4, 0.5) is 0 Å². The van der Waals surface area contributed by atoms with Crippen LogP contribution in [0.15, 0.2) is 18.2 Å². The van der Waals surface area contributed by atoms with Crippen LogP contribution in [0.25, 0.3) is 0 Å². The van der Waals surface area contributed by atoms with Crippen molar-refractivity contribution in [2.75, 3.05) is 7.11 Å². The van der Waals surface area contributed by atoms with E-state index < -0.39 is 12.0 Å². The molecule has 2 rings (SSSR count). The Bertz CT molecular complexity index is 522. The summed E-state index contributed by atoms with van der Waals surface area (Å²) in [5, 5.41) is 2.76. The predicted molar refractivity (Wildman–Crippen MR) is 76.6 cm³/mol. The van der Waals surface area contributed by atoms with E-state index in [0.29, 0.717) is 5.56 Å². The molecule has 0 spiro atoms. The van der Waals surface area contributed by atoms with Crippen molar-refractivity contribution in [3.63, 3.8) is 0 Å². The lowest BCUT2D eigenvalue weighted by Crippen LogP contribution is -2.45. The maximum atomic E-state index is 12.3. The van der Waals surface area contributed by atoms with Crippen molar-refractivity contribution in [1.82, 2.24) is 5.32 Å². The first kappa shape index (κ1) is 14.6. The van der Waals surface area contributed by atoms with Crippen LogP contribution in [0, 0.1) is 5.92 Å². The zero-order valence-electron chi connectivity index (χ0n) is 12.2. The highest BCUT2D eigenvalue weighted by Gasteiger charge is 2.25. The highest BCUT2D eigenvalue weighted by atomic mass is 16.5. The summed E-state index contributed by atoms with van der Waals surface area (Å²) in [6.07, 6.45) is 3.27. The zero-order chi connectivity index (χ0) is 14.7. The topological polar surface area (TPSA) is 55.4 Å². The molecule has 20 heavy (non-hydrogen) atoms. The summed E-state index contributed by atoms with van der Waals surface area (Å²) in [6.45, 7) is 3.76. The first-order valence-corrected chi connectivity index (χ1v) is 7.03. The molecule has 1 amide bonds. The molecule has 0 heterocycles. The van der Waals surface area contributed by atoms with Gasteiger partial charge in [-0.1, -0.05) is 19.9 Å². The Labute approximate surface area is 119 Å². The highest BCUT2D eigenvalue weighted by molar-refractivity contribution is 5.97. The van der Waals surface area contributed by atoms with Crippen LogP contribution in [-0.4, -0.2) is 25.0 Å². The lowest BCUT2D eigenvalue weighted by Gasteiger charge is -2.20. The van der Waals surface area contributed by atoms with Gasteiger partial charge in [0.2, 0.25) is 0 Å². The van der Waals surface area contributed by atoms with E-state index in [1.807, 2.05) is 32.0 Å². The average Bonchev–Trinajstić information content (AvgIpc) is 2.90. The molecule has 0 bridgehead atoms. The molecule has 1 aromatic rings. The molecule has 0 saturated heterocycles. The number of amides is 1. The number of fused-ring (bicyclic) bond motifs is 1. The Morgan fingerprint density at radius 1 is 1.20 bits per heavy atom. The van der Waals surface area contributed by atoms with Gasteiger partial charge in [-0.2, -0.15) is 0 Å². The minimum absolute atomic E-state index is 0.0131. The van der Waals surface area contributed by atoms with Gasteiger partial charge in [-0.25, -0.2) is 4.79 Å². The summed E-state index contributed by atoms with van der Waals surface area (Å²) in [5.74, 6) is -0.640. The Morgan fingerprint density at radius 3 is 2.55 bits per heavy atom. The summed E-state index contributed by atoms with van der Waals surface area (Å²) in [6, 6.07) is 5.17. The number of esters is 1. The third-order valence-electron chi connectivity index (χ3n) is 3.77. The monoisotopic (exact) mass is 275 g/mol. The van der Waals surface area contributed by atoms with Crippen molar-refractivity contribution in [3.05, 3.63) is 34.9 Å². The Hall–Kier alpha value is -1.84. The van der Waals surface area contributed by atoms with Crippen LogP contribution in [0.2, 0.25) is 0 Å². The fourth-order valence-corrected chi connectivity index (χ4v) is 2.56. The number of hydrogen-bond acceptors (Lipinski definition) is 3. The molecule has 0 radical (unpaired) electrons. The fourth-order valence-electron chi connectivity index (χ4n) is 2.56. The second kappa shape index (κ2) is 6.07. The molecule has 0 fully saturated rings. The summed E-state index contributed by atoms with van der Waals surface area (Å²) < 4.78 is 4.73. The normalized spacial score (nSPS) is 14.8. The number of benzene rings is 1.